The summed E-state index contributed by atoms with van der Waals surface area (Å²) >= 11 is 0. The fraction of sp³-hybridized carbons (Fsp3) is 0.900. The fourth-order valence-electron chi connectivity index (χ4n) is 2.04. The molecule has 14 heavy (non-hydrogen) atoms. The number of nitrogens with one attached hydrogen (secondary N) is 1. The maximum atomic E-state index is 11.2. The van der Waals surface area contributed by atoms with Gasteiger partial charge in [-0.05, 0) is 51.6 Å². The van der Waals surface area contributed by atoms with Gasteiger partial charge in [-0.1, -0.05) is 0 Å². The highest BCUT2D eigenvalue weighted by Crippen LogP contribution is 2.25. The van der Waals surface area contributed by atoms with Crippen molar-refractivity contribution in [1.82, 2.24) is 5.32 Å². The predicted octanol–water partition coefficient (Wildman–Crippen LogP) is 0.712. The van der Waals surface area contributed by atoms with E-state index in [0.29, 0.717) is 13.0 Å². The van der Waals surface area contributed by atoms with Crippen molar-refractivity contribution in [2.75, 3.05) is 13.1 Å². The van der Waals surface area contributed by atoms with Crippen molar-refractivity contribution < 1.29 is 9.90 Å². The van der Waals surface area contributed by atoms with Crippen LogP contribution in [0.3, 0.4) is 0 Å². The van der Waals surface area contributed by atoms with Crippen LogP contribution in [0.1, 0.15) is 38.5 Å². The number of rotatable bonds is 5. The highest BCUT2D eigenvalue weighted by atomic mass is 16.4. The molecule has 1 aliphatic heterocycles. The average molecular weight is 200 g/mol. The van der Waals surface area contributed by atoms with Gasteiger partial charge in [0.2, 0.25) is 0 Å². The molecule has 1 atom stereocenters. The zero-order chi connectivity index (χ0) is 10.4. The molecule has 0 saturated carbocycles. The van der Waals surface area contributed by atoms with Gasteiger partial charge in [0.1, 0.15) is 5.54 Å². The van der Waals surface area contributed by atoms with Crippen LogP contribution in [-0.2, 0) is 4.79 Å². The van der Waals surface area contributed by atoms with Gasteiger partial charge in [0.25, 0.3) is 0 Å². The number of carbonyl (C=O) groups is 1. The predicted molar refractivity (Wildman–Crippen MR) is 55.1 cm³/mol. The molecule has 1 aliphatic rings. The normalized spacial score (nSPS) is 27.5. The second-order valence-electron chi connectivity index (χ2n) is 4.02. The zero-order valence-corrected chi connectivity index (χ0v) is 8.59. The lowest BCUT2D eigenvalue weighted by Crippen LogP contribution is -2.54. The lowest BCUT2D eigenvalue weighted by Gasteiger charge is -2.34. The van der Waals surface area contributed by atoms with E-state index in [1.54, 1.807) is 0 Å². The van der Waals surface area contributed by atoms with Crippen LogP contribution in [0.15, 0.2) is 0 Å². The molecule has 0 bridgehead atoms. The first-order chi connectivity index (χ1) is 6.71. The number of hydrogen-bond donors (Lipinski definition) is 3. The van der Waals surface area contributed by atoms with Crippen LogP contribution in [0, 0.1) is 0 Å². The SMILES string of the molecule is NCCCC[C@]1(C(=O)O)CCCCN1. The Balaban J connectivity index is 2.47. The average Bonchev–Trinajstić information content (AvgIpc) is 2.19. The van der Waals surface area contributed by atoms with Gasteiger partial charge in [-0.3, -0.25) is 4.79 Å². The van der Waals surface area contributed by atoms with Crippen LogP contribution in [0.4, 0.5) is 0 Å². The fourth-order valence-corrected chi connectivity index (χ4v) is 2.04. The molecule has 1 fully saturated rings. The van der Waals surface area contributed by atoms with E-state index < -0.39 is 11.5 Å². The Morgan fingerprint density at radius 1 is 1.43 bits per heavy atom. The number of aliphatic carboxylic acids is 1. The molecular weight excluding hydrogens is 180 g/mol. The number of piperidine rings is 1. The van der Waals surface area contributed by atoms with E-state index >= 15 is 0 Å². The summed E-state index contributed by atoms with van der Waals surface area (Å²) < 4.78 is 0. The number of carboxylic acids is 1. The van der Waals surface area contributed by atoms with Gasteiger partial charge in [-0.15, -0.1) is 0 Å². The first-order valence-corrected chi connectivity index (χ1v) is 5.40. The van der Waals surface area contributed by atoms with Crippen molar-refractivity contribution >= 4 is 5.97 Å². The lowest BCUT2D eigenvalue weighted by atomic mass is 9.84. The smallest absolute Gasteiger partial charge is 0.323 e. The van der Waals surface area contributed by atoms with Gasteiger partial charge < -0.3 is 16.2 Å². The summed E-state index contributed by atoms with van der Waals surface area (Å²) in [5.74, 6) is -0.700. The molecule has 1 saturated heterocycles. The van der Waals surface area contributed by atoms with Crippen LogP contribution in [0.25, 0.3) is 0 Å². The summed E-state index contributed by atoms with van der Waals surface area (Å²) in [7, 11) is 0. The molecule has 0 unspecified atom stereocenters. The molecule has 0 aliphatic carbocycles. The molecule has 4 heteroatoms. The Labute approximate surface area is 84.9 Å². The summed E-state index contributed by atoms with van der Waals surface area (Å²) in [5.41, 5.74) is 4.74. The van der Waals surface area contributed by atoms with Crippen LogP contribution in [0.2, 0.25) is 0 Å². The molecule has 0 aromatic carbocycles. The second kappa shape index (κ2) is 5.32. The van der Waals surface area contributed by atoms with Crippen molar-refractivity contribution in [2.24, 2.45) is 5.73 Å². The summed E-state index contributed by atoms with van der Waals surface area (Å²) in [6, 6.07) is 0. The van der Waals surface area contributed by atoms with Gasteiger partial charge in [0.15, 0.2) is 0 Å². The number of hydrogen-bond acceptors (Lipinski definition) is 3. The molecule has 4 nitrogen and oxygen atoms in total. The number of nitrogens with two attached hydrogens (primary N) is 1. The molecule has 0 aromatic heterocycles. The Morgan fingerprint density at radius 2 is 2.21 bits per heavy atom. The molecule has 0 radical (unpaired) electrons. The van der Waals surface area contributed by atoms with Crippen molar-refractivity contribution in [2.45, 2.75) is 44.1 Å². The van der Waals surface area contributed by atoms with Crippen LogP contribution >= 0.6 is 0 Å². The Bertz CT molecular complexity index is 189. The first kappa shape index (κ1) is 11.5. The van der Waals surface area contributed by atoms with Gasteiger partial charge in [0, 0.05) is 0 Å². The third-order valence-electron chi connectivity index (χ3n) is 2.96. The third-order valence-corrected chi connectivity index (χ3v) is 2.96. The van der Waals surface area contributed by atoms with E-state index in [0.717, 1.165) is 38.6 Å². The Morgan fingerprint density at radius 3 is 2.71 bits per heavy atom. The highest BCUT2D eigenvalue weighted by molar-refractivity contribution is 5.78. The molecule has 1 rings (SSSR count). The molecule has 0 spiro atoms. The summed E-state index contributed by atoms with van der Waals surface area (Å²) in [6.45, 7) is 1.48. The zero-order valence-electron chi connectivity index (χ0n) is 8.59. The quantitative estimate of drug-likeness (QED) is 0.571. The minimum Gasteiger partial charge on any atom is -0.480 e. The van der Waals surface area contributed by atoms with Crippen LogP contribution in [-0.4, -0.2) is 29.7 Å². The Kier molecular flexibility index (Phi) is 4.35. The van der Waals surface area contributed by atoms with E-state index in [9.17, 15) is 9.90 Å². The third kappa shape index (κ3) is 2.69. The van der Waals surface area contributed by atoms with Crippen molar-refractivity contribution in [3.63, 3.8) is 0 Å². The second-order valence-corrected chi connectivity index (χ2v) is 4.02. The van der Waals surface area contributed by atoms with Gasteiger partial charge >= 0.3 is 5.97 Å². The van der Waals surface area contributed by atoms with E-state index in [4.69, 9.17) is 5.73 Å². The van der Waals surface area contributed by atoms with Crippen LogP contribution < -0.4 is 11.1 Å². The maximum absolute atomic E-state index is 11.2. The van der Waals surface area contributed by atoms with Crippen molar-refractivity contribution in [3.8, 4) is 0 Å². The molecule has 0 aromatic rings. The first-order valence-electron chi connectivity index (χ1n) is 5.40. The molecule has 4 N–H and O–H groups in total. The molecule has 82 valence electrons. The molecule has 1 heterocycles. The maximum Gasteiger partial charge on any atom is 0.323 e. The lowest BCUT2D eigenvalue weighted by molar-refractivity contribution is -0.146. The van der Waals surface area contributed by atoms with E-state index in [2.05, 4.69) is 5.32 Å². The van der Waals surface area contributed by atoms with Gasteiger partial charge in [-0.25, -0.2) is 0 Å². The van der Waals surface area contributed by atoms with Crippen molar-refractivity contribution in [1.29, 1.82) is 0 Å². The topological polar surface area (TPSA) is 75.4 Å². The van der Waals surface area contributed by atoms with Crippen molar-refractivity contribution in [3.05, 3.63) is 0 Å². The summed E-state index contributed by atoms with van der Waals surface area (Å²) in [5, 5.41) is 12.3. The standard InChI is InChI=1S/C10H20N2O2/c11-7-3-1-5-10(9(13)14)6-2-4-8-12-10/h12H,1-8,11H2,(H,13,14)/t10-/m1/s1. The van der Waals surface area contributed by atoms with E-state index in [-0.39, 0.29) is 0 Å². The monoisotopic (exact) mass is 200 g/mol. The summed E-state index contributed by atoms with van der Waals surface area (Å²) in [4.78, 5) is 11.2. The highest BCUT2D eigenvalue weighted by Gasteiger charge is 2.38. The minimum atomic E-state index is -0.700. The number of unbranched alkanes of at least 4 members (excludes halogenated alkanes) is 1. The summed E-state index contributed by atoms with van der Waals surface area (Å²) in [6.07, 6.45) is 5.38. The minimum absolute atomic E-state index is 0.649. The number of carboxylic acid groups (broad SMARTS) is 1. The van der Waals surface area contributed by atoms with E-state index in [1.165, 1.54) is 0 Å². The van der Waals surface area contributed by atoms with Crippen LogP contribution in [0.5, 0.6) is 0 Å². The Hall–Kier alpha value is -0.610. The molecule has 0 amide bonds. The van der Waals surface area contributed by atoms with E-state index in [1.807, 2.05) is 0 Å². The largest absolute Gasteiger partial charge is 0.480 e. The van der Waals surface area contributed by atoms with Gasteiger partial charge in [-0.2, -0.15) is 0 Å². The molecular formula is C10H20N2O2. The van der Waals surface area contributed by atoms with Gasteiger partial charge in [0.05, 0.1) is 0 Å².